The highest BCUT2D eigenvalue weighted by Crippen LogP contribution is 2.22. The van der Waals surface area contributed by atoms with Gasteiger partial charge in [-0.05, 0) is 17.9 Å². The van der Waals surface area contributed by atoms with E-state index in [-0.39, 0.29) is 5.91 Å². The molecule has 20 heavy (non-hydrogen) atoms. The van der Waals surface area contributed by atoms with Crippen LogP contribution in [0.15, 0.2) is 17.6 Å². The summed E-state index contributed by atoms with van der Waals surface area (Å²) in [7, 11) is 1.94. The Balaban J connectivity index is 1.92. The van der Waals surface area contributed by atoms with Crippen molar-refractivity contribution in [2.24, 2.45) is 7.05 Å². The average Bonchev–Trinajstić information content (AvgIpc) is 2.96. The smallest absolute Gasteiger partial charge is 0.221 e. The van der Waals surface area contributed by atoms with Crippen LogP contribution in [0.4, 0.5) is 5.69 Å². The minimum absolute atomic E-state index is 0.0369. The first-order chi connectivity index (χ1) is 9.60. The molecule has 0 aromatic carbocycles. The molecule has 0 aliphatic heterocycles. The van der Waals surface area contributed by atoms with E-state index >= 15 is 0 Å². The van der Waals surface area contributed by atoms with E-state index in [0.29, 0.717) is 0 Å². The molecule has 2 aromatic rings. The molecule has 2 heterocycles. The number of carbonyl (C=O) groups is 1. The molecule has 0 aliphatic rings. The number of hydrogen-bond donors (Lipinski definition) is 2. The van der Waals surface area contributed by atoms with Gasteiger partial charge in [0.2, 0.25) is 5.91 Å². The molecule has 0 unspecified atom stereocenters. The molecule has 0 bridgehead atoms. The number of amides is 1. The van der Waals surface area contributed by atoms with E-state index in [4.69, 9.17) is 0 Å². The lowest BCUT2D eigenvalue weighted by Gasteiger charge is -2.06. The molecule has 0 fully saturated rings. The normalized spacial score (nSPS) is 10.8. The van der Waals surface area contributed by atoms with Crippen molar-refractivity contribution in [2.45, 2.75) is 33.4 Å². The number of nitrogens with one attached hydrogen (secondary N) is 2. The third kappa shape index (κ3) is 3.68. The van der Waals surface area contributed by atoms with Crippen molar-refractivity contribution in [3.8, 4) is 0 Å². The second-order valence-electron chi connectivity index (χ2n) is 4.67. The standard InChI is InChI=1S/C14H20N4OS/c1-4-12-11(9-18(3)17-12)7-15-8-14-13(5-6-20-14)16-10(2)19/h5-6,9,15H,4,7-8H2,1-3H3,(H,16,19). The molecule has 2 rings (SSSR count). The molecule has 1 amide bonds. The quantitative estimate of drug-likeness (QED) is 0.859. The van der Waals surface area contributed by atoms with Crippen molar-refractivity contribution in [2.75, 3.05) is 5.32 Å². The van der Waals surface area contributed by atoms with Gasteiger partial charge in [-0.1, -0.05) is 6.92 Å². The number of hydrogen-bond acceptors (Lipinski definition) is 4. The van der Waals surface area contributed by atoms with Crippen LogP contribution in [-0.4, -0.2) is 15.7 Å². The lowest BCUT2D eigenvalue weighted by atomic mass is 10.2. The largest absolute Gasteiger partial charge is 0.325 e. The van der Waals surface area contributed by atoms with Gasteiger partial charge in [0.1, 0.15) is 0 Å². The first kappa shape index (κ1) is 14.7. The van der Waals surface area contributed by atoms with Gasteiger partial charge in [0.15, 0.2) is 0 Å². The summed E-state index contributed by atoms with van der Waals surface area (Å²) in [5.41, 5.74) is 3.26. The van der Waals surface area contributed by atoms with Crippen LogP contribution in [0.3, 0.4) is 0 Å². The van der Waals surface area contributed by atoms with Crippen molar-refractivity contribution in [1.29, 1.82) is 0 Å². The molecular weight excluding hydrogens is 272 g/mol. The van der Waals surface area contributed by atoms with Gasteiger partial charge in [0, 0.05) is 43.7 Å². The van der Waals surface area contributed by atoms with Gasteiger partial charge in [0.05, 0.1) is 11.4 Å². The van der Waals surface area contributed by atoms with E-state index in [0.717, 1.165) is 35.8 Å². The van der Waals surface area contributed by atoms with Crippen LogP contribution < -0.4 is 10.6 Å². The number of carbonyl (C=O) groups excluding carboxylic acids is 1. The van der Waals surface area contributed by atoms with E-state index in [1.165, 1.54) is 12.5 Å². The highest BCUT2D eigenvalue weighted by Gasteiger charge is 2.08. The zero-order valence-corrected chi connectivity index (χ0v) is 12.9. The van der Waals surface area contributed by atoms with Crippen molar-refractivity contribution in [3.05, 3.63) is 33.8 Å². The van der Waals surface area contributed by atoms with Crippen molar-refractivity contribution in [3.63, 3.8) is 0 Å². The van der Waals surface area contributed by atoms with Crippen molar-refractivity contribution < 1.29 is 4.79 Å². The van der Waals surface area contributed by atoms with E-state index < -0.39 is 0 Å². The van der Waals surface area contributed by atoms with Gasteiger partial charge in [0.25, 0.3) is 0 Å². The minimum Gasteiger partial charge on any atom is -0.325 e. The predicted molar refractivity (Wildman–Crippen MR) is 81.8 cm³/mol. The summed E-state index contributed by atoms with van der Waals surface area (Å²) in [6.07, 6.45) is 2.99. The van der Waals surface area contributed by atoms with E-state index in [9.17, 15) is 4.79 Å². The second-order valence-corrected chi connectivity index (χ2v) is 5.67. The molecule has 108 valence electrons. The summed E-state index contributed by atoms with van der Waals surface area (Å²) in [6, 6.07) is 1.94. The Hall–Kier alpha value is -1.66. The number of thiophene rings is 1. The summed E-state index contributed by atoms with van der Waals surface area (Å²) in [5.74, 6) is -0.0369. The molecule has 5 nitrogen and oxygen atoms in total. The van der Waals surface area contributed by atoms with Crippen molar-refractivity contribution >= 4 is 22.9 Å². The number of aromatic nitrogens is 2. The van der Waals surface area contributed by atoms with Gasteiger partial charge >= 0.3 is 0 Å². The second kappa shape index (κ2) is 6.67. The molecule has 2 aromatic heterocycles. The first-order valence-electron chi connectivity index (χ1n) is 6.66. The van der Waals surface area contributed by atoms with E-state index in [1.807, 2.05) is 23.2 Å². The molecule has 0 atom stereocenters. The predicted octanol–water partition coefficient (Wildman–Crippen LogP) is 2.29. The summed E-state index contributed by atoms with van der Waals surface area (Å²) in [4.78, 5) is 12.2. The zero-order chi connectivity index (χ0) is 14.5. The Bertz CT molecular complexity index is 588. The molecule has 0 saturated carbocycles. The lowest BCUT2D eigenvalue weighted by Crippen LogP contribution is -2.14. The van der Waals surface area contributed by atoms with Gasteiger partial charge < -0.3 is 10.6 Å². The van der Waals surface area contributed by atoms with Gasteiger partial charge in [-0.2, -0.15) is 5.10 Å². The zero-order valence-electron chi connectivity index (χ0n) is 12.1. The van der Waals surface area contributed by atoms with Crippen LogP contribution in [0.5, 0.6) is 0 Å². The Morgan fingerprint density at radius 1 is 1.45 bits per heavy atom. The third-order valence-corrected chi connectivity index (χ3v) is 3.90. The molecule has 0 radical (unpaired) electrons. The maximum absolute atomic E-state index is 11.1. The first-order valence-corrected chi connectivity index (χ1v) is 7.54. The fraction of sp³-hybridized carbons (Fsp3) is 0.429. The summed E-state index contributed by atoms with van der Waals surface area (Å²) in [5, 5.41) is 12.7. The Morgan fingerprint density at radius 2 is 2.25 bits per heavy atom. The summed E-state index contributed by atoms with van der Waals surface area (Å²) < 4.78 is 1.85. The van der Waals surface area contributed by atoms with Crippen LogP contribution in [0.2, 0.25) is 0 Å². The van der Waals surface area contributed by atoms with Gasteiger partial charge in [-0.25, -0.2) is 0 Å². The number of anilines is 1. The highest BCUT2D eigenvalue weighted by atomic mass is 32.1. The summed E-state index contributed by atoms with van der Waals surface area (Å²) in [6.45, 7) is 5.16. The topological polar surface area (TPSA) is 59.0 Å². The fourth-order valence-corrected chi connectivity index (χ4v) is 2.92. The minimum atomic E-state index is -0.0369. The maximum Gasteiger partial charge on any atom is 0.221 e. The molecule has 0 aliphatic carbocycles. The highest BCUT2D eigenvalue weighted by molar-refractivity contribution is 7.10. The Morgan fingerprint density at radius 3 is 2.95 bits per heavy atom. The average molecular weight is 292 g/mol. The molecule has 0 saturated heterocycles. The van der Waals surface area contributed by atoms with Crippen molar-refractivity contribution in [1.82, 2.24) is 15.1 Å². The SMILES string of the molecule is CCc1nn(C)cc1CNCc1sccc1NC(C)=O. The van der Waals surface area contributed by atoms with E-state index in [1.54, 1.807) is 11.3 Å². The lowest BCUT2D eigenvalue weighted by molar-refractivity contribution is -0.114. The molecular formula is C14H20N4OS. The van der Waals surface area contributed by atoms with E-state index in [2.05, 4.69) is 28.9 Å². The maximum atomic E-state index is 11.1. The van der Waals surface area contributed by atoms with Crippen LogP contribution in [0.25, 0.3) is 0 Å². The Labute approximate surface area is 123 Å². The van der Waals surface area contributed by atoms with Gasteiger partial charge in [-0.3, -0.25) is 9.48 Å². The Kier molecular flexibility index (Phi) is 4.92. The number of aryl methyl sites for hydroxylation is 2. The number of nitrogens with zero attached hydrogens (tertiary/aromatic N) is 2. The van der Waals surface area contributed by atoms with Crippen LogP contribution >= 0.6 is 11.3 Å². The van der Waals surface area contributed by atoms with Crippen LogP contribution in [-0.2, 0) is 31.4 Å². The van der Waals surface area contributed by atoms with Gasteiger partial charge in [-0.15, -0.1) is 11.3 Å². The fourth-order valence-electron chi connectivity index (χ4n) is 2.12. The third-order valence-electron chi connectivity index (χ3n) is 2.98. The summed E-state index contributed by atoms with van der Waals surface area (Å²) >= 11 is 1.64. The van der Waals surface area contributed by atoms with Crippen LogP contribution in [0.1, 0.15) is 30.0 Å². The number of rotatable bonds is 6. The molecule has 6 heteroatoms. The monoisotopic (exact) mass is 292 g/mol. The van der Waals surface area contributed by atoms with Crippen LogP contribution in [0, 0.1) is 0 Å². The molecule has 2 N–H and O–H groups in total. The molecule has 0 spiro atoms.